The Balaban J connectivity index is 2.24. The summed E-state index contributed by atoms with van der Waals surface area (Å²) < 4.78 is 59.4. The highest BCUT2D eigenvalue weighted by Crippen LogP contribution is 2.40. The van der Waals surface area contributed by atoms with Crippen LogP contribution in [-0.4, -0.2) is 0 Å². The molecule has 3 heteroatoms. The van der Waals surface area contributed by atoms with Gasteiger partial charge < -0.3 is 4.42 Å². The summed E-state index contributed by atoms with van der Waals surface area (Å²) in [5.74, 6) is -0.555. The van der Waals surface area contributed by atoms with Gasteiger partial charge in [0.15, 0.2) is 11.4 Å². The molecular weight excluding hydrogens is 368 g/mol. The molecule has 0 unspecified atom stereocenters. The van der Waals surface area contributed by atoms with E-state index in [1.54, 1.807) is 44.5 Å². The van der Waals surface area contributed by atoms with Crippen LogP contribution in [0.5, 0.6) is 0 Å². The van der Waals surface area contributed by atoms with Crippen molar-refractivity contribution in [1.29, 1.82) is 0 Å². The molecule has 0 aliphatic rings. The van der Waals surface area contributed by atoms with Crippen molar-refractivity contribution in [1.82, 2.24) is 0 Å². The summed E-state index contributed by atoms with van der Waals surface area (Å²) in [5.41, 5.74) is 4.45. The van der Waals surface area contributed by atoms with Gasteiger partial charge in [0.1, 0.15) is 18.2 Å². The largest absolute Gasteiger partial charge is 0.455 e. The number of aromatic nitrogens is 1. The average molecular weight is 404 g/mol. The second-order valence-electron chi connectivity index (χ2n) is 8.15. The molecule has 0 amide bonds. The molecule has 0 bridgehead atoms. The zero-order valence-corrected chi connectivity index (χ0v) is 18.2. The van der Waals surface area contributed by atoms with Gasteiger partial charge in [0.25, 0.3) is 0 Å². The Labute approximate surface area is 187 Å². The smallest absolute Gasteiger partial charge is 0.216 e. The predicted octanol–water partition coefficient (Wildman–Crippen LogP) is 7.06. The molecule has 0 saturated carbocycles. The molecule has 2 heterocycles. The van der Waals surface area contributed by atoms with Crippen molar-refractivity contribution in [3.8, 4) is 11.3 Å². The topological polar surface area (TPSA) is 21.4 Å². The van der Waals surface area contributed by atoms with Crippen molar-refractivity contribution in [3.63, 3.8) is 0 Å². The van der Waals surface area contributed by atoms with Crippen LogP contribution in [0.3, 0.4) is 0 Å². The van der Waals surface area contributed by atoms with Crippen molar-refractivity contribution in [2.75, 3.05) is 0 Å². The number of furan rings is 1. The van der Waals surface area contributed by atoms with Crippen LogP contribution in [0.2, 0.25) is 0 Å². The normalized spacial score (nSPS) is 15.4. The molecule has 3 nitrogen and oxygen atoms in total. The molecular formula is C27H29N2O+. The second kappa shape index (κ2) is 7.29. The van der Waals surface area contributed by atoms with Crippen molar-refractivity contribution in [3.05, 3.63) is 69.7 Å². The molecule has 0 aliphatic carbocycles. The molecule has 2 aromatic carbocycles. The molecule has 30 heavy (non-hydrogen) atoms. The Hall–Kier alpha value is -3.12. The van der Waals surface area contributed by atoms with Gasteiger partial charge in [-0.3, -0.25) is 0 Å². The first-order valence-electron chi connectivity index (χ1n) is 13.0. The highest BCUT2D eigenvalue weighted by atomic mass is 16.3. The quantitative estimate of drug-likeness (QED) is 0.265. The van der Waals surface area contributed by atoms with Gasteiger partial charge in [0.2, 0.25) is 5.69 Å². The van der Waals surface area contributed by atoms with Gasteiger partial charge >= 0.3 is 0 Å². The van der Waals surface area contributed by atoms with E-state index in [4.69, 9.17) is 17.8 Å². The maximum atomic E-state index is 9.21. The van der Waals surface area contributed by atoms with Crippen LogP contribution < -0.4 is 4.57 Å². The van der Waals surface area contributed by atoms with E-state index in [9.17, 15) is 1.37 Å². The molecule has 152 valence electrons. The third-order valence-corrected chi connectivity index (χ3v) is 5.61. The summed E-state index contributed by atoms with van der Waals surface area (Å²) in [7, 11) is 1.70. The molecule has 0 N–H and O–H groups in total. The lowest BCUT2D eigenvalue weighted by Crippen LogP contribution is -2.36. The van der Waals surface area contributed by atoms with E-state index in [2.05, 4.69) is 4.85 Å². The summed E-state index contributed by atoms with van der Waals surface area (Å²) >= 11 is 0. The Morgan fingerprint density at radius 2 is 1.93 bits per heavy atom. The number of aryl methyl sites for hydroxylation is 2. The molecule has 4 rings (SSSR count). The summed E-state index contributed by atoms with van der Waals surface area (Å²) in [6.45, 7) is 13.7. The second-order valence-corrected chi connectivity index (χ2v) is 8.15. The SMILES string of the molecule is [2H]c1c(C([2H])([2H])C(C)C)c(C([2H])([2H])[2H])c(C)[n+](C)c1-c1c(C)ccc2c1oc1c(C)cc([N+]#[C-])cc12. The first-order chi connectivity index (χ1) is 16.6. The van der Waals surface area contributed by atoms with E-state index in [1.807, 2.05) is 26.0 Å². The Morgan fingerprint density at radius 1 is 1.17 bits per heavy atom. The number of hydrogen-bond donors (Lipinski definition) is 0. The van der Waals surface area contributed by atoms with Gasteiger partial charge in [-0.2, -0.15) is 4.57 Å². The van der Waals surface area contributed by atoms with Crippen LogP contribution in [0.25, 0.3) is 38.0 Å². The molecule has 4 aromatic rings. The van der Waals surface area contributed by atoms with Gasteiger partial charge in [-0.25, -0.2) is 4.85 Å². The summed E-state index contributed by atoms with van der Waals surface area (Å²) in [4.78, 5) is 3.57. The van der Waals surface area contributed by atoms with Crippen LogP contribution in [0, 0.1) is 40.1 Å². The number of benzene rings is 2. The Bertz CT molecular complexity index is 1590. The highest BCUT2D eigenvalue weighted by molar-refractivity contribution is 6.11. The number of nitrogens with zero attached hydrogens (tertiary/aromatic N) is 2. The van der Waals surface area contributed by atoms with E-state index in [-0.39, 0.29) is 17.2 Å². The third-order valence-electron chi connectivity index (χ3n) is 5.61. The number of rotatable bonds is 3. The molecule has 2 aromatic heterocycles. The molecule has 0 fully saturated rings. The predicted molar refractivity (Wildman–Crippen MR) is 124 cm³/mol. The van der Waals surface area contributed by atoms with Crippen LogP contribution in [0.1, 0.15) is 50.0 Å². The van der Waals surface area contributed by atoms with E-state index >= 15 is 0 Å². The van der Waals surface area contributed by atoms with Gasteiger partial charge in [-0.1, -0.05) is 26.0 Å². The van der Waals surface area contributed by atoms with Crippen molar-refractivity contribution in [2.24, 2.45) is 13.0 Å². The molecule has 0 atom stereocenters. The van der Waals surface area contributed by atoms with E-state index < -0.39 is 19.1 Å². The molecule has 0 saturated heterocycles. The lowest BCUT2D eigenvalue weighted by molar-refractivity contribution is -0.667. The fourth-order valence-electron chi connectivity index (χ4n) is 3.96. The molecule has 0 spiro atoms. The van der Waals surface area contributed by atoms with Crippen LogP contribution >= 0.6 is 0 Å². The van der Waals surface area contributed by atoms with Crippen LogP contribution in [0.15, 0.2) is 34.7 Å². The zero-order chi connectivity index (χ0) is 26.9. The average Bonchev–Trinajstić information content (AvgIpc) is 3.15. The fraction of sp³-hybridized carbons (Fsp3) is 0.333. The van der Waals surface area contributed by atoms with Gasteiger partial charge in [0, 0.05) is 36.2 Å². The molecule has 0 aliphatic heterocycles. The minimum absolute atomic E-state index is 0.109. The summed E-state index contributed by atoms with van der Waals surface area (Å²) in [5, 5.41) is 1.57. The third kappa shape index (κ3) is 3.08. The monoisotopic (exact) mass is 403 g/mol. The highest BCUT2D eigenvalue weighted by Gasteiger charge is 2.25. The fourth-order valence-corrected chi connectivity index (χ4v) is 3.96. The van der Waals surface area contributed by atoms with Crippen LogP contribution in [0.4, 0.5) is 5.69 Å². The van der Waals surface area contributed by atoms with Gasteiger partial charge in [0.05, 0.1) is 13.5 Å². The summed E-state index contributed by atoms with van der Waals surface area (Å²) in [6, 6.07) is 7.23. The standard InChI is InChI=1S/C27H29N2O/c1-15(2)11-20-13-24(29(8)19(6)18(20)5)25-16(3)9-10-22-23-14-21(28-7)12-17(4)26(23)30-27(22)25/h9-10,12-15H,11H2,1-6,8H3/q+1/i5D3,11D2,13D. The molecule has 0 radical (unpaired) electrons. The maximum absolute atomic E-state index is 9.21. The number of hydrogen-bond acceptors (Lipinski definition) is 1. The maximum Gasteiger partial charge on any atom is 0.216 e. The number of fused-ring (bicyclic) bond motifs is 3. The number of pyridine rings is 1. The van der Waals surface area contributed by atoms with Gasteiger partial charge in [-0.15, -0.1) is 0 Å². The van der Waals surface area contributed by atoms with Crippen LogP contribution in [-0.2, 0) is 13.4 Å². The minimum Gasteiger partial charge on any atom is -0.455 e. The van der Waals surface area contributed by atoms with E-state index in [0.29, 0.717) is 33.8 Å². The van der Waals surface area contributed by atoms with Crippen molar-refractivity contribution >= 4 is 27.6 Å². The summed E-state index contributed by atoms with van der Waals surface area (Å²) in [6.07, 6.45) is -2.05. The first kappa shape index (κ1) is 14.0. The zero-order valence-electron chi connectivity index (χ0n) is 24.2. The van der Waals surface area contributed by atoms with Crippen molar-refractivity contribution < 1.29 is 17.2 Å². The van der Waals surface area contributed by atoms with E-state index in [0.717, 1.165) is 21.9 Å². The Kier molecular flexibility index (Phi) is 3.40. The Morgan fingerprint density at radius 3 is 2.60 bits per heavy atom. The van der Waals surface area contributed by atoms with Gasteiger partial charge in [-0.05, 0) is 61.8 Å². The first-order valence-corrected chi connectivity index (χ1v) is 10.0. The van der Waals surface area contributed by atoms with Crippen molar-refractivity contribution in [2.45, 2.75) is 47.8 Å². The lowest BCUT2D eigenvalue weighted by Gasteiger charge is -2.14. The lowest BCUT2D eigenvalue weighted by atomic mass is 9.93. The minimum atomic E-state index is -2.60. The van der Waals surface area contributed by atoms with E-state index in [1.165, 1.54) is 0 Å².